The van der Waals surface area contributed by atoms with Gasteiger partial charge in [0.1, 0.15) is 17.1 Å². The number of hydrogen-bond acceptors (Lipinski definition) is 7. The summed E-state index contributed by atoms with van der Waals surface area (Å²) in [5.41, 5.74) is 13.5. The molecule has 42 heavy (non-hydrogen) atoms. The molecule has 3 heterocycles. The summed E-state index contributed by atoms with van der Waals surface area (Å²) in [7, 11) is 0. The summed E-state index contributed by atoms with van der Waals surface area (Å²) in [5.74, 6) is 1.12. The highest BCUT2D eigenvalue weighted by molar-refractivity contribution is 5.84. The van der Waals surface area contributed by atoms with Gasteiger partial charge in [-0.25, -0.2) is 15.0 Å². The van der Waals surface area contributed by atoms with Crippen molar-refractivity contribution in [3.05, 3.63) is 120 Å². The number of aromatic hydroxyl groups is 1. The zero-order chi connectivity index (χ0) is 29.1. The minimum atomic E-state index is 0.0490. The van der Waals surface area contributed by atoms with Crippen molar-refractivity contribution in [1.82, 2.24) is 24.8 Å². The van der Waals surface area contributed by atoms with Crippen molar-refractivity contribution in [2.75, 3.05) is 12.3 Å². The van der Waals surface area contributed by atoms with Crippen LogP contribution in [-0.2, 0) is 6.42 Å². The van der Waals surface area contributed by atoms with Crippen molar-refractivity contribution in [1.29, 1.82) is 0 Å². The summed E-state index contributed by atoms with van der Waals surface area (Å²) in [6.45, 7) is 2.74. The Kier molecular flexibility index (Phi) is 7.45. The second-order valence-corrected chi connectivity index (χ2v) is 10.1. The summed E-state index contributed by atoms with van der Waals surface area (Å²) in [6, 6.07) is 31.4. The first-order valence-electron chi connectivity index (χ1n) is 13.8. The largest absolute Gasteiger partial charge is 0.507 e. The number of nitrogen functional groups attached to an aromatic ring is 1. The highest BCUT2D eigenvalue weighted by Crippen LogP contribution is 2.32. The average molecular weight is 555 g/mol. The van der Waals surface area contributed by atoms with E-state index < -0.39 is 0 Å². The Balaban J connectivity index is 1.31. The van der Waals surface area contributed by atoms with E-state index in [9.17, 15) is 9.90 Å². The minimum absolute atomic E-state index is 0.0490. The lowest BCUT2D eigenvalue weighted by Gasteiger charge is -2.16. The maximum atomic E-state index is 11.1. The molecule has 6 rings (SSSR count). The molecule has 0 aliphatic rings. The Morgan fingerprint density at radius 3 is 2.50 bits per heavy atom. The van der Waals surface area contributed by atoms with E-state index in [-0.39, 0.29) is 11.8 Å². The number of anilines is 1. The molecule has 0 bridgehead atoms. The van der Waals surface area contributed by atoms with Gasteiger partial charge in [0.25, 0.3) is 0 Å². The Morgan fingerprint density at radius 2 is 1.74 bits per heavy atom. The fourth-order valence-electron chi connectivity index (χ4n) is 5.12. The number of nitrogens with zero attached hydrogens (tertiary/aromatic N) is 4. The maximum absolute atomic E-state index is 11.1. The van der Waals surface area contributed by atoms with Gasteiger partial charge in [-0.15, -0.1) is 0 Å². The quantitative estimate of drug-likeness (QED) is 0.184. The second kappa shape index (κ2) is 11.6. The van der Waals surface area contributed by atoms with E-state index >= 15 is 0 Å². The Labute approximate surface area is 243 Å². The van der Waals surface area contributed by atoms with Gasteiger partial charge in [-0.05, 0) is 73.5 Å². The Morgan fingerprint density at radius 1 is 0.929 bits per heavy atom. The highest BCUT2D eigenvalue weighted by Gasteiger charge is 2.19. The number of fused-ring (bicyclic) bond motifs is 1. The normalized spacial score (nSPS) is 11.9. The van der Waals surface area contributed by atoms with Crippen molar-refractivity contribution in [2.45, 2.75) is 19.4 Å². The molecule has 0 fully saturated rings. The SMILES string of the molecule is CC(NCCc1cccc(C=O)c1O)c1ccc(-n2c(-c3cccnc3N)nc3ccc(-c4ccccc4)nc32)cc1. The third kappa shape index (κ3) is 5.23. The molecule has 208 valence electrons. The van der Waals surface area contributed by atoms with Crippen LogP contribution in [0.15, 0.2) is 103 Å². The van der Waals surface area contributed by atoms with Crippen LogP contribution in [0.3, 0.4) is 0 Å². The lowest BCUT2D eigenvalue weighted by Crippen LogP contribution is -2.21. The van der Waals surface area contributed by atoms with Gasteiger partial charge in [-0.2, -0.15) is 0 Å². The molecule has 3 aromatic heterocycles. The van der Waals surface area contributed by atoms with E-state index in [4.69, 9.17) is 15.7 Å². The molecule has 1 unspecified atom stereocenters. The van der Waals surface area contributed by atoms with Gasteiger partial charge >= 0.3 is 0 Å². The second-order valence-electron chi connectivity index (χ2n) is 10.1. The Hall–Kier alpha value is -5.34. The number of carbonyl (C=O) groups is 1. The fraction of sp³-hybridized carbons (Fsp3) is 0.118. The maximum Gasteiger partial charge on any atom is 0.165 e. The first-order chi connectivity index (χ1) is 20.5. The third-order valence-corrected chi connectivity index (χ3v) is 7.43. The van der Waals surface area contributed by atoms with Crippen molar-refractivity contribution in [3.63, 3.8) is 0 Å². The molecule has 4 N–H and O–H groups in total. The predicted molar refractivity (Wildman–Crippen MR) is 166 cm³/mol. The van der Waals surface area contributed by atoms with Gasteiger partial charge in [0, 0.05) is 23.5 Å². The number of rotatable bonds is 9. The Bertz CT molecular complexity index is 1870. The molecule has 8 nitrogen and oxygen atoms in total. The smallest absolute Gasteiger partial charge is 0.165 e. The molecule has 3 aromatic carbocycles. The zero-order valence-electron chi connectivity index (χ0n) is 23.1. The van der Waals surface area contributed by atoms with Crippen molar-refractivity contribution in [3.8, 4) is 34.1 Å². The van der Waals surface area contributed by atoms with Gasteiger partial charge < -0.3 is 16.2 Å². The van der Waals surface area contributed by atoms with Crippen LogP contribution in [0.1, 0.15) is 34.5 Å². The number of hydrogen-bond donors (Lipinski definition) is 3. The van der Waals surface area contributed by atoms with Crippen LogP contribution in [0.25, 0.3) is 39.5 Å². The van der Waals surface area contributed by atoms with Crippen LogP contribution in [-0.4, -0.2) is 37.5 Å². The number of carbonyl (C=O) groups excluding carboxylic acids is 1. The molecule has 1 atom stereocenters. The van der Waals surface area contributed by atoms with Gasteiger partial charge in [-0.3, -0.25) is 9.36 Å². The van der Waals surface area contributed by atoms with Crippen LogP contribution < -0.4 is 11.1 Å². The number of imidazole rings is 1. The number of benzene rings is 3. The van der Waals surface area contributed by atoms with Crippen molar-refractivity contribution >= 4 is 23.3 Å². The van der Waals surface area contributed by atoms with E-state index in [0.29, 0.717) is 36.5 Å². The van der Waals surface area contributed by atoms with E-state index in [0.717, 1.165) is 44.8 Å². The summed E-state index contributed by atoms with van der Waals surface area (Å²) >= 11 is 0. The molecule has 6 aromatic rings. The molecule has 0 saturated heterocycles. The number of nitrogens with two attached hydrogens (primary N) is 1. The van der Waals surface area contributed by atoms with Gasteiger partial charge in [0.15, 0.2) is 17.8 Å². The van der Waals surface area contributed by atoms with Crippen LogP contribution in [0, 0.1) is 0 Å². The van der Waals surface area contributed by atoms with E-state index in [1.54, 1.807) is 18.3 Å². The summed E-state index contributed by atoms with van der Waals surface area (Å²) in [5, 5.41) is 13.8. The lowest BCUT2D eigenvalue weighted by molar-refractivity contribution is 0.112. The average Bonchev–Trinajstić information content (AvgIpc) is 3.41. The molecule has 0 spiro atoms. The van der Waals surface area contributed by atoms with Crippen molar-refractivity contribution < 1.29 is 9.90 Å². The molecule has 8 heteroatoms. The number of aromatic nitrogens is 4. The van der Waals surface area contributed by atoms with E-state index in [1.807, 2.05) is 65.2 Å². The summed E-state index contributed by atoms with van der Waals surface area (Å²) < 4.78 is 2.03. The molecule has 0 aliphatic carbocycles. The number of nitrogens with one attached hydrogen (secondary N) is 1. The number of aldehydes is 1. The molecule has 0 saturated carbocycles. The number of pyridine rings is 2. The topological polar surface area (TPSA) is 119 Å². The number of phenols is 1. The number of para-hydroxylation sites is 1. The van der Waals surface area contributed by atoms with Crippen LogP contribution >= 0.6 is 0 Å². The minimum Gasteiger partial charge on any atom is -0.507 e. The first kappa shape index (κ1) is 26.9. The monoisotopic (exact) mass is 554 g/mol. The van der Waals surface area contributed by atoms with Crippen LogP contribution in [0.2, 0.25) is 0 Å². The highest BCUT2D eigenvalue weighted by atomic mass is 16.3. The van der Waals surface area contributed by atoms with Crippen molar-refractivity contribution in [2.24, 2.45) is 0 Å². The molecular weight excluding hydrogens is 524 g/mol. The zero-order valence-corrected chi connectivity index (χ0v) is 23.1. The molecule has 0 amide bonds. The van der Waals surface area contributed by atoms with Crippen LogP contribution in [0.5, 0.6) is 5.75 Å². The summed E-state index contributed by atoms with van der Waals surface area (Å²) in [6.07, 6.45) is 2.94. The standard InChI is InChI=1S/C34H30N6O2/c1-22(36-20-18-25-9-5-10-26(21-41)31(25)42)23-12-14-27(15-13-23)40-33(28-11-6-19-37-32(28)35)39-30-17-16-29(38-34(30)40)24-7-3-2-4-8-24/h2-17,19,21-22,36,42H,18,20H2,1H3,(H2,35,37). The van der Waals surface area contributed by atoms with Gasteiger partial charge in [0.2, 0.25) is 0 Å². The molecule has 0 radical (unpaired) electrons. The number of phenolic OH excluding ortho intramolecular Hbond substituents is 1. The first-order valence-corrected chi connectivity index (χ1v) is 13.8. The van der Waals surface area contributed by atoms with Gasteiger partial charge in [0.05, 0.1) is 16.8 Å². The molecule has 0 aliphatic heterocycles. The van der Waals surface area contributed by atoms with E-state index in [2.05, 4.69) is 41.5 Å². The van der Waals surface area contributed by atoms with Crippen LogP contribution in [0.4, 0.5) is 5.82 Å². The predicted octanol–water partition coefficient (Wildman–Crippen LogP) is 6.14. The fourth-order valence-corrected chi connectivity index (χ4v) is 5.12. The lowest BCUT2D eigenvalue weighted by atomic mass is 10.1. The van der Waals surface area contributed by atoms with Gasteiger partial charge in [-0.1, -0.05) is 54.6 Å². The molecular formula is C34H30N6O2. The summed E-state index contributed by atoms with van der Waals surface area (Å²) in [4.78, 5) is 25.4. The van der Waals surface area contributed by atoms with E-state index in [1.165, 1.54) is 0 Å². The third-order valence-electron chi connectivity index (χ3n) is 7.43.